The third kappa shape index (κ3) is 2.11. The Morgan fingerprint density at radius 2 is 2.23 bits per heavy atom. The van der Waals surface area contributed by atoms with E-state index < -0.39 is 0 Å². The number of hydrogen-bond donors (Lipinski definition) is 2. The highest BCUT2D eigenvalue weighted by Crippen LogP contribution is 2.00. The summed E-state index contributed by atoms with van der Waals surface area (Å²) in [6.45, 7) is 1.88. The molecule has 0 atom stereocenters. The summed E-state index contributed by atoms with van der Waals surface area (Å²) in [5.41, 5.74) is 1.46. The Morgan fingerprint density at radius 1 is 1.54 bits per heavy atom. The lowest BCUT2D eigenvalue weighted by Gasteiger charge is -2.12. The second-order valence-electron chi connectivity index (χ2n) is 2.75. The Morgan fingerprint density at radius 3 is 2.77 bits per heavy atom. The zero-order valence-electron chi connectivity index (χ0n) is 7.70. The number of nitrogens with zero attached hydrogens (tertiary/aromatic N) is 2. The van der Waals surface area contributed by atoms with Gasteiger partial charge in [-0.05, 0) is 19.1 Å². The van der Waals surface area contributed by atoms with Crippen LogP contribution in [-0.4, -0.2) is 29.1 Å². The molecular weight excluding hydrogens is 164 g/mol. The Labute approximate surface area is 77.2 Å². The van der Waals surface area contributed by atoms with E-state index in [4.69, 9.17) is 10.8 Å². The molecule has 0 saturated heterocycles. The molecule has 2 N–H and O–H groups in total. The fraction of sp³-hybridized carbons (Fsp3) is 0.222. The van der Waals surface area contributed by atoms with E-state index in [0.717, 1.165) is 12.0 Å². The molecule has 13 heavy (non-hydrogen) atoms. The lowest BCUT2D eigenvalue weighted by Crippen LogP contribution is -2.25. The van der Waals surface area contributed by atoms with E-state index >= 15 is 0 Å². The lowest BCUT2D eigenvalue weighted by atomic mass is 10.3. The van der Waals surface area contributed by atoms with Gasteiger partial charge in [-0.1, -0.05) is 6.07 Å². The predicted octanol–water partition coefficient (Wildman–Crippen LogP) is 1.25. The smallest absolute Gasteiger partial charge is 0.152 e. The average molecular weight is 176 g/mol. The molecule has 0 spiro atoms. The maximum Gasteiger partial charge on any atom is 0.152 e. The quantitative estimate of drug-likeness (QED) is 0.526. The highest BCUT2D eigenvalue weighted by Gasteiger charge is 2.05. The van der Waals surface area contributed by atoms with Gasteiger partial charge < -0.3 is 4.90 Å². The van der Waals surface area contributed by atoms with E-state index in [0.29, 0.717) is 5.69 Å². The molecule has 68 valence electrons. The number of nitrogens with one attached hydrogen (secondary N) is 2. The molecule has 1 rings (SSSR count). The number of rotatable bonds is 2. The summed E-state index contributed by atoms with van der Waals surface area (Å²) in [6.07, 6.45) is 1.09. The van der Waals surface area contributed by atoms with Crippen LogP contribution >= 0.6 is 0 Å². The summed E-state index contributed by atoms with van der Waals surface area (Å²) in [7, 11) is 1.65. The van der Waals surface area contributed by atoms with Crippen molar-refractivity contribution in [1.29, 1.82) is 10.8 Å². The summed E-state index contributed by atoms with van der Waals surface area (Å²) in [5.74, 6) is 0.235. The van der Waals surface area contributed by atoms with E-state index in [1.54, 1.807) is 13.1 Å². The van der Waals surface area contributed by atoms with Crippen molar-refractivity contribution >= 4 is 12.2 Å². The van der Waals surface area contributed by atoms with Gasteiger partial charge in [-0.2, -0.15) is 0 Å². The Balaban J connectivity index is 2.95. The van der Waals surface area contributed by atoms with Crippen molar-refractivity contribution in [2.24, 2.45) is 0 Å². The number of aromatic nitrogens is 1. The average Bonchev–Trinajstić information content (AvgIpc) is 2.15. The van der Waals surface area contributed by atoms with E-state index in [2.05, 4.69) is 4.98 Å². The van der Waals surface area contributed by atoms with Crippen LogP contribution in [0.15, 0.2) is 18.2 Å². The van der Waals surface area contributed by atoms with E-state index in [1.165, 1.54) is 4.90 Å². The molecule has 0 fully saturated rings. The minimum Gasteiger partial charge on any atom is -0.319 e. The van der Waals surface area contributed by atoms with Gasteiger partial charge in [-0.25, -0.2) is 4.98 Å². The van der Waals surface area contributed by atoms with Crippen LogP contribution in [0.1, 0.15) is 11.4 Å². The first kappa shape index (κ1) is 9.38. The van der Waals surface area contributed by atoms with Gasteiger partial charge in [0.25, 0.3) is 0 Å². The van der Waals surface area contributed by atoms with Gasteiger partial charge in [0, 0.05) is 12.7 Å². The summed E-state index contributed by atoms with van der Waals surface area (Å²) in [6, 6.07) is 5.49. The van der Waals surface area contributed by atoms with Crippen molar-refractivity contribution in [2.75, 3.05) is 7.05 Å². The largest absolute Gasteiger partial charge is 0.319 e. The second kappa shape index (κ2) is 3.80. The maximum atomic E-state index is 7.64. The lowest BCUT2D eigenvalue weighted by molar-refractivity contribution is 0.759. The molecule has 0 amide bonds. The summed E-state index contributed by atoms with van der Waals surface area (Å²) < 4.78 is 0. The van der Waals surface area contributed by atoms with Crippen molar-refractivity contribution in [3.05, 3.63) is 29.6 Å². The number of pyridine rings is 1. The minimum absolute atomic E-state index is 0.235. The first-order valence-corrected chi connectivity index (χ1v) is 3.91. The first-order chi connectivity index (χ1) is 6.15. The molecule has 0 unspecified atom stereocenters. The summed E-state index contributed by atoms with van der Waals surface area (Å²) >= 11 is 0. The molecule has 0 aliphatic carbocycles. The number of hydrogen-bond acceptors (Lipinski definition) is 3. The van der Waals surface area contributed by atoms with Crippen molar-refractivity contribution < 1.29 is 0 Å². The van der Waals surface area contributed by atoms with E-state index in [-0.39, 0.29) is 5.84 Å². The normalized spacial score (nSPS) is 9.38. The SMILES string of the molecule is Cc1cccc(C(=N)N(C)C=N)n1. The molecular formula is C9H12N4. The molecule has 0 radical (unpaired) electrons. The van der Waals surface area contributed by atoms with Gasteiger partial charge >= 0.3 is 0 Å². The minimum atomic E-state index is 0.235. The molecule has 0 bridgehead atoms. The summed E-state index contributed by atoms with van der Waals surface area (Å²) in [5, 5.41) is 14.6. The predicted molar refractivity (Wildman–Crippen MR) is 52.3 cm³/mol. The van der Waals surface area contributed by atoms with Crippen LogP contribution in [0.5, 0.6) is 0 Å². The van der Waals surface area contributed by atoms with Gasteiger partial charge in [0.05, 0.1) is 6.34 Å². The Kier molecular flexibility index (Phi) is 2.74. The number of amidine groups is 1. The molecule has 0 aliphatic rings. The maximum absolute atomic E-state index is 7.64. The topological polar surface area (TPSA) is 63.8 Å². The fourth-order valence-corrected chi connectivity index (χ4v) is 0.920. The van der Waals surface area contributed by atoms with E-state index in [1.807, 2.05) is 19.1 Å². The molecule has 0 saturated carbocycles. The van der Waals surface area contributed by atoms with Gasteiger partial charge in [0.15, 0.2) is 5.84 Å². The van der Waals surface area contributed by atoms with Crippen molar-refractivity contribution in [2.45, 2.75) is 6.92 Å². The van der Waals surface area contributed by atoms with Crippen molar-refractivity contribution in [3.63, 3.8) is 0 Å². The van der Waals surface area contributed by atoms with Gasteiger partial charge in [0.2, 0.25) is 0 Å². The van der Waals surface area contributed by atoms with Crippen LogP contribution in [0, 0.1) is 17.7 Å². The third-order valence-electron chi connectivity index (χ3n) is 1.68. The van der Waals surface area contributed by atoms with Gasteiger partial charge in [0.1, 0.15) is 5.69 Å². The third-order valence-corrected chi connectivity index (χ3v) is 1.68. The highest BCUT2D eigenvalue weighted by molar-refractivity contribution is 6.00. The van der Waals surface area contributed by atoms with Crippen LogP contribution in [0.2, 0.25) is 0 Å². The van der Waals surface area contributed by atoms with Crippen LogP contribution in [0.3, 0.4) is 0 Å². The van der Waals surface area contributed by atoms with Crippen molar-refractivity contribution in [1.82, 2.24) is 9.88 Å². The molecule has 1 heterocycles. The van der Waals surface area contributed by atoms with Crippen LogP contribution in [-0.2, 0) is 0 Å². The van der Waals surface area contributed by atoms with Gasteiger partial charge in [-0.15, -0.1) is 0 Å². The van der Waals surface area contributed by atoms with Gasteiger partial charge in [-0.3, -0.25) is 10.8 Å². The molecule has 0 aromatic carbocycles. The van der Waals surface area contributed by atoms with Crippen molar-refractivity contribution in [3.8, 4) is 0 Å². The second-order valence-corrected chi connectivity index (χ2v) is 2.75. The molecule has 1 aromatic heterocycles. The Bertz CT molecular complexity index is 332. The monoisotopic (exact) mass is 176 g/mol. The Hall–Kier alpha value is -1.71. The zero-order valence-corrected chi connectivity index (χ0v) is 7.70. The first-order valence-electron chi connectivity index (χ1n) is 3.91. The number of aryl methyl sites for hydroxylation is 1. The van der Waals surface area contributed by atoms with Crippen LogP contribution in [0.4, 0.5) is 0 Å². The standard InChI is InChI=1S/C9H12N4/c1-7-4-3-5-8(12-7)9(11)13(2)6-10/h3-6,10-11H,1-2H3. The molecule has 1 aromatic rings. The zero-order chi connectivity index (χ0) is 9.84. The molecule has 4 heteroatoms. The highest BCUT2D eigenvalue weighted by atomic mass is 15.1. The molecule has 0 aliphatic heterocycles. The van der Waals surface area contributed by atoms with Crippen LogP contribution in [0.25, 0.3) is 0 Å². The fourth-order valence-electron chi connectivity index (χ4n) is 0.920. The van der Waals surface area contributed by atoms with E-state index in [9.17, 15) is 0 Å². The molecule has 4 nitrogen and oxygen atoms in total. The summed E-state index contributed by atoms with van der Waals surface area (Å²) in [4.78, 5) is 5.58. The van der Waals surface area contributed by atoms with Crippen LogP contribution < -0.4 is 0 Å².